The number of esters is 1. The number of methoxy groups -OCH3 is 1. The number of benzene rings is 2. The van der Waals surface area contributed by atoms with Crippen molar-refractivity contribution in [3.05, 3.63) is 76.5 Å². The maximum Gasteiger partial charge on any atom is 0.338 e. The van der Waals surface area contributed by atoms with E-state index in [4.69, 9.17) is 4.74 Å². The molecule has 2 aromatic carbocycles. The third-order valence-electron chi connectivity index (χ3n) is 3.56. The summed E-state index contributed by atoms with van der Waals surface area (Å²) in [7, 11) is 1.39. The van der Waals surface area contributed by atoms with E-state index in [9.17, 15) is 4.79 Å². The molecule has 0 saturated heterocycles. The van der Waals surface area contributed by atoms with Gasteiger partial charge in [0.2, 0.25) is 0 Å². The lowest BCUT2D eigenvalue weighted by Gasteiger charge is -2.11. The first-order valence-electron chi connectivity index (χ1n) is 7.12. The fraction of sp³-hybridized carbons (Fsp3) is 0.111. The average Bonchev–Trinajstić information content (AvgIpc) is 3.03. The average molecular weight is 371 g/mol. The highest BCUT2D eigenvalue weighted by molar-refractivity contribution is 9.10. The summed E-state index contributed by atoms with van der Waals surface area (Å²) in [6.45, 7) is 0.549. The summed E-state index contributed by atoms with van der Waals surface area (Å²) >= 11 is 3.48. The Morgan fingerprint density at radius 2 is 2.04 bits per heavy atom. The highest BCUT2D eigenvalue weighted by atomic mass is 79.9. The Balaban J connectivity index is 1.97. The Labute approximate surface area is 142 Å². The van der Waals surface area contributed by atoms with Crippen LogP contribution in [0.3, 0.4) is 0 Å². The molecular weight excluding hydrogens is 356 g/mol. The van der Waals surface area contributed by atoms with Crippen LogP contribution < -0.4 is 0 Å². The minimum atomic E-state index is -0.329. The van der Waals surface area contributed by atoms with Crippen molar-refractivity contribution in [3.63, 3.8) is 0 Å². The van der Waals surface area contributed by atoms with Gasteiger partial charge < -0.3 is 9.30 Å². The topological polar surface area (TPSA) is 44.1 Å². The highest BCUT2D eigenvalue weighted by Gasteiger charge is 2.13. The van der Waals surface area contributed by atoms with Crippen molar-refractivity contribution in [2.24, 2.45) is 0 Å². The third-order valence-corrected chi connectivity index (χ3v) is 4.05. The molecule has 5 heteroatoms. The number of rotatable bonds is 4. The maximum absolute atomic E-state index is 11.9. The van der Waals surface area contributed by atoms with Crippen molar-refractivity contribution >= 4 is 21.9 Å². The van der Waals surface area contributed by atoms with Crippen LogP contribution in [0.25, 0.3) is 11.4 Å². The Bertz CT molecular complexity index is 842. The predicted molar refractivity (Wildman–Crippen MR) is 92.2 cm³/mol. The highest BCUT2D eigenvalue weighted by Crippen LogP contribution is 2.23. The van der Waals surface area contributed by atoms with Gasteiger partial charge in [0, 0.05) is 29.0 Å². The summed E-state index contributed by atoms with van der Waals surface area (Å²) in [5.41, 5.74) is 2.48. The first-order valence-corrected chi connectivity index (χ1v) is 7.91. The van der Waals surface area contributed by atoms with E-state index in [1.54, 1.807) is 12.3 Å². The minimum Gasteiger partial charge on any atom is -0.465 e. The maximum atomic E-state index is 11.9. The van der Waals surface area contributed by atoms with Crippen LogP contribution in [0.4, 0.5) is 0 Å². The summed E-state index contributed by atoms with van der Waals surface area (Å²) in [6, 6.07) is 15.4. The SMILES string of the molecule is COC(=O)c1ccccc1Cn1ccnc1-c1cccc(Br)c1. The molecule has 0 saturated carbocycles. The van der Waals surface area contributed by atoms with Crippen LogP contribution in [0.5, 0.6) is 0 Å². The van der Waals surface area contributed by atoms with E-state index in [1.807, 2.05) is 53.2 Å². The van der Waals surface area contributed by atoms with Gasteiger partial charge in [-0.3, -0.25) is 0 Å². The second-order valence-corrected chi connectivity index (χ2v) is 5.95. The first kappa shape index (κ1) is 15.5. The summed E-state index contributed by atoms with van der Waals surface area (Å²) in [6.07, 6.45) is 3.67. The van der Waals surface area contributed by atoms with Crippen LogP contribution >= 0.6 is 15.9 Å². The number of aromatic nitrogens is 2. The molecule has 4 nitrogen and oxygen atoms in total. The summed E-state index contributed by atoms with van der Waals surface area (Å²) in [5.74, 6) is 0.524. The molecule has 1 heterocycles. The van der Waals surface area contributed by atoms with E-state index >= 15 is 0 Å². The molecule has 0 aliphatic rings. The lowest BCUT2D eigenvalue weighted by molar-refractivity contribution is 0.0599. The lowest BCUT2D eigenvalue weighted by Crippen LogP contribution is -2.09. The van der Waals surface area contributed by atoms with E-state index < -0.39 is 0 Å². The predicted octanol–water partition coefficient (Wildman–Crippen LogP) is 4.15. The molecule has 0 N–H and O–H groups in total. The Morgan fingerprint density at radius 1 is 1.22 bits per heavy atom. The molecule has 116 valence electrons. The molecule has 0 radical (unpaired) electrons. The second kappa shape index (κ2) is 6.79. The fourth-order valence-corrected chi connectivity index (χ4v) is 2.87. The standard InChI is InChI=1S/C18H15BrN2O2/c1-23-18(22)16-8-3-2-5-14(16)12-21-10-9-20-17(21)13-6-4-7-15(19)11-13/h2-11H,12H2,1H3. The first-order chi connectivity index (χ1) is 11.2. The van der Waals surface area contributed by atoms with Gasteiger partial charge in [0.1, 0.15) is 5.82 Å². The largest absolute Gasteiger partial charge is 0.465 e. The zero-order valence-electron chi connectivity index (χ0n) is 12.6. The number of imidazole rings is 1. The van der Waals surface area contributed by atoms with Gasteiger partial charge >= 0.3 is 5.97 Å². The molecule has 0 amide bonds. The van der Waals surface area contributed by atoms with Gasteiger partial charge in [0.05, 0.1) is 12.7 Å². The van der Waals surface area contributed by atoms with Crippen LogP contribution in [0.1, 0.15) is 15.9 Å². The van der Waals surface area contributed by atoms with Crippen LogP contribution in [0.2, 0.25) is 0 Å². The molecule has 0 fully saturated rings. The molecule has 3 rings (SSSR count). The van der Waals surface area contributed by atoms with Crippen LogP contribution in [0.15, 0.2) is 65.4 Å². The van der Waals surface area contributed by atoms with Gasteiger partial charge in [0.25, 0.3) is 0 Å². The molecule has 0 spiro atoms. The van der Waals surface area contributed by atoms with Gasteiger partial charge in [-0.25, -0.2) is 9.78 Å². The zero-order chi connectivity index (χ0) is 16.2. The van der Waals surface area contributed by atoms with Crippen molar-refractivity contribution in [1.29, 1.82) is 0 Å². The smallest absolute Gasteiger partial charge is 0.338 e. The molecule has 0 aliphatic heterocycles. The van der Waals surface area contributed by atoms with Gasteiger partial charge in [-0.15, -0.1) is 0 Å². The zero-order valence-corrected chi connectivity index (χ0v) is 14.2. The van der Waals surface area contributed by atoms with E-state index in [0.717, 1.165) is 21.4 Å². The van der Waals surface area contributed by atoms with Gasteiger partial charge in [-0.05, 0) is 23.8 Å². The van der Waals surface area contributed by atoms with E-state index in [0.29, 0.717) is 12.1 Å². The molecule has 0 atom stereocenters. The Kier molecular flexibility index (Phi) is 4.57. The van der Waals surface area contributed by atoms with Crippen molar-refractivity contribution in [3.8, 4) is 11.4 Å². The van der Waals surface area contributed by atoms with Crippen LogP contribution in [-0.4, -0.2) is 22.6 Å². The summed E-state index contributed by atoms with van der Waals surface area (Å²) < 4.78 is 7.87. The monoisotopic (exact) mass is 370 g/mol. The lowest BCUT2D eigenvalue weighted by atomic mass is 10.1. The van der Waals surface area contributed by atoms with Crippen molar-refractivity contribution in [2.75, 3.05) is 7.11 Å². The molecule has 0 aliphatic carbocycles. The summed E-state index contributed by atoms with van der Waals surface area (Å²) in [4.78, 5) is 16.4. The number of hydrogen-bond acceptors (Lipinski definition) is 3. The van der Waals surface area contributed by atoms with Gasteiger partial charge in [-0.2, -0.15) is 0 Å². The Morgan fingerprint density at radius 3 is 2.83 bits per heavy atom. The number of carbonyl (C=O) groups is 1. The van der Waals surface area contributed by atoms with E-state index in [2.05, 4.69) is 20.9 Å². The minimum absolute atomic E-state index is 0.329. The van der Waals surface area contributed by atoms with E-state index in [1.165, 1.54) is 7.11 Å². The van der Waals surface area contributed by atoms with Gasteiger partial charge in [-0.1, -0.05) is 46.3 Å². The molecule has 3 aromatic rings. The fourth-order valence-electron chi connectivity index (χ4n) is 2.48. The number of carbonyl (C=O) groups excluding carboxylic acids is 1. The Hall–Kier alpha value is -2.40. The van der Waals surface area contributed by atoms with Crippen LogP contribution in [-0.2, 0) is 11.3 Å². The number of ether oxygens (including phenoxy) is 1. The molecule has 23 heavy (non-hydrogen) atoms. The normalized spacial score (nSPS) is 10.5. The number of halogens is 1. The van der Waals surface area contributed by atoms with E-state index in [-0.39, 0.29) is 5.97 Å². The van der Waals surface area contributed by atoms with Crippen molar-refractivity contribution in [1.82, 2.24) is 9.55 Å². The van der Waals surface area contributed by atoms with Crippen molar-refractivity contribution in [2.45, 2.75) is 6.54 Å². The van der Waals surface area contributed by atoms with Gasteiger partial charge in [0.15, 0.2) is 0 Å². The number of nitrogens with zero attached hydrogens (tertiary/aromatic N) is 2. The number of hydrogen-bond donors (Lipinski definition) is 0. The second-order valence-electron chi connectivity index (χ2n) is 5.04. The quantitative estimate of drug-likeness (QED) is 0.648. The summed E-state index contributed by atoms with van der Waals surface area (Å²) in [5, 5.41) is 0. The molecule has 0 bridgehead atoms. The molecule has 1 aromatic heterocycles. The van der Waals surface area contributed by atoms with Crippen molar-refractivity contribution < 1.29 is 9.53 Å². The third kappa shape index (κ3) is 3.35. The molecular formula is C18H15BrN2O2. The van der Waals surface area contributed by atoms with Crippen LogP contribution in [0, 0.1) is 0 Å². The molecule has 0 unspecified atom stereocenters.